The molecule has 0 aromatic carbocycles. The normalized spacial score (nSPS) is 15.9. The van der Waals surface area contributed by atoms with Gasteiger partial charge in [-0.3, -0.25) is 9.59 Å². The van der Waals surface area contributed by atoms with Crippen LogP contribution in [0.3, 0.4) is 0 Å². The Labute approximate surface area is 146 Å². The Kier molecular flexibility index (Phi) is 6.36. The first-order valence-corrected chi connectivity index (χ1v) is 10.1. The maximum Gasteiger partial charge on any atom is 0.307 e. The number of piperidine rings is 1. The summed E-state index contributed by atoms with van der Waals surface area (Å²) >= 11 is 1.10. The van der Waals surface area contributed by atoms with Crippen molar-refractivity contribution >= 4 is 33.2 Å². The van der Waals surface area contributed by atoms with Crippen molar-refractivity contribution in [2.45, 2.75) is 30.6 Å². The number of nitrogens with zero attached hydrogens (tertiary/aromatic N) is 2. The van der Waals surface area contributed by atoms with Gasteiger partial charge >= 0.3 is 5.97 Å². The van der Waals surface area contributed by atoms with Gasteiger partial charge in [0, 0.05) is 26.7 Å². The Morgan fingerprint density at radius 2 is 1.96 bits per heavy atom. The van der Waals surface area contributed by atoms with Crippen LogP contribution in [0, 0.1) is 0 Å². The fourth-order valence-corrected chi connectivity index (χ4v) is 5.44. The van der Waals surface area contributed by atoms with Crippen LogP contribution in [0.25, 0.3) is 0 Å². The van der Waals surface area contributed by atoms with Gasteiger partial charge in [-0.1, -0.05) is 6.42 Å². The molecule has 2 rings (SSSR count). The molecular formula is C15H22N2O5S2. The first kappa shape index (κ1) is 18.9. The van der Waals surface area contributed by atoms with Crippen molar-refractivity contribution in [2.24, 2.45) is 0 Å². The number of ether oxygens (including phenoxy) is 1. The Hall–Kier alpha value is -1.45. The van der Waals surface area contributed by atoms with Crippen molar-refractivity contribution in [3.63, 3.8) is 0 Å². The highest BCUT2D eigenvalue weighted by Crippen LogP contribution is 2.28. The van der Waals surface area contributed by atoms with Crippen LogP contribution in [0.1, 0.15) is 35.4 Å². The zero-order valence-electron chi connectivity index (χ0n) is 13.9. The minimum atomic E-state index is -3.66. The number of sulfonamides is 1. The second-order valence-corrected chi connectivity index (χ2v) is 8.45. The molecule has 1 aromatic rings. The highest BCUT2D eigenvalue weighted by molar-refractivity contribution is 7.89. The van der Waals surface area contributed by atoms with E-state index in [0.29, 0.717) is 13.1 Å². The molecule has 0 atom stereocenters. The number of esters is 1. The summed E-state index contributed by atoms with van der Waals surface area (Å²) in [5, 5.41) is 1.61. The van der Waals surface area contributed by atoms with E-state index < -0.39 is 21.9 Å². The second-order valence-electron chi connectivity index (χ2n) is 5.63. The van der Waals surface area contributed by atoms with E-state index in [1.807, 2.05) is 0 Å². The summed E-state index contributed by atoms with van der Waals surface area (Å²) in [6.45, 7) is 1.15. The minimum Gasteiger partial charge on any atom is -0.469 e. The molecule has 1 fully saturated rings. The van der Waals surface area contributed by atoms with Crippen LogP contribution in [0.15, 0.2) is 16.3 Å². The van der Waals surface area contributed by atoms with Crippen molar-refractivity contribution in [2.75, 3.05) is 33.8 Å². The molecule has 1 aliphatic rings. The second kappa shape index (κ2) is 8.09. The van der Waals surface area contributed by atoms with Gasteiger partial charge in [-0.15, -0.1) is 11.3 Å². The molecule has 1 saturated heterocycles. The van der Waals surface area contributed by atoms with Crippen molar-refractivity contribution in [3.8, 4) is 0 Å². The summed E-state index contributed by atoms with van der Waals surface area (Å²) in [6, 6.07) is 1.48. The molecule has 2 heterocycles. The average Bonchev–Trinajstić information content (AvgIpc) is 3.09. The monoisotopic (exact) mass is 374 g/mol. The molecule has 1 aliphatic heterocycles. The third kappa shape index (κ3) is 4.14. The summed E-state index contributed by atoms with van der Waals surface area (Å²) in [7, 11) is -0.831. The lowest BCUT2D eigenvalue weighted by molar-refractivity contribution is -0.140. The van der Waals surface area contributed by atoms with Gasteiger partial charge in [-0.25, -0.2) is 8.42 Å². The van der Waals surface area contributed by atoms with Crippen LogP contribution in [-0.4, -0.2) is 63.3 Å². The molecule has 0 N–H and O–H groups in total. The van der Waals surface area contributed by atoms with Crippen molar-refractivity contribution in [1.29, 1.82) is 0 Å². The number of carbonyl (C=O) groups is 2. The van der Waals surface area contributed by atoms with E-state index in [4.69, 9.17) is 0 Å². The van der Waals surface area contributed by atoms with Gasteiger partial charge in [-0.05, 0) is 24.3 Å². The number of rotatable bonds is 6. The zero-order valence-corrected chi connectivity index (χ0v) is 15.5. The fourth-order valence-electron chi connectivity index (χ4n) is 2.54. The zero-order chi connectivity index (χ0) is 17.7. The number of amides is 1. The van der Waals surface area contributed by atoms with Gasteiger partial charge in [0.2, 0.25) is 10.0 Å². The summed E-state index contributed by atoms with van der Waals surface area (Å²) in [5.41, 5.74) is 0. The summed E-state index contributed by atoms with van der Waals surface area (Å²) in [6.07, 6.45) is 2.77. The van der Waals surface area contributed by atoms with E-state index in [1.54, 1.807) is 12.4 Å². The van der Waals surface area contributed by atoms with Crippen LogP contribution in [0.5, 0.6) is 0 Å². The third-order valence-electron chi connectivity index (χ3n) is 3.98. The Morgan fingerprint density at radius 1 is 1.29 bits per heavy atom. The Balaban J connectivity index is 2.16. The average molecular weight is 374 g/mol. The first-order chi connectivity index (χ1) is 11.4. The molecule has 9 heteroatoms. The number of hydrogen-bond acceptors (Lipinski definition) is 6. The van der Waals surface area contributed by atoms with Crippen molar-refractivity contribution in [1.82, 2.24) is 9.21 Å². The molecule has 134 valence electrons. The SMILES string of the molecule is COC(=O)CCN(C)C(=O)c1sccc1S(=O)(=O)N1CCCCC1. The standard InChI is InChI=1S/C15H22N2O5S2/c1-16(10-6-13(18)22-2)15(19)14-12(7-11-23-14)24(20,21)17-8-4-3-5-9-17/h7,11H,3-6,8-10H2,1-2H3. The van der Waals surface area contributed by atoms with Crippen molar-refractivity contribution < 1.29 is 22.7 Å². The lowest BCUT2D eigenvalue weighted by atomic mass is 10.2. The summed E-state index contributed by atoms with van der Waals surface area (Å²) in [4.78, 5) is 25.3. The smallest absolute Gasteiger partial charge is 0.307 e. The largest absolute Gasteiger partial charge is 0.469 e. The quantitative estimate of drug-likeness (QED) is 0.706. The third-order valence-corrected chi connectivity index (χ3v) is 6.95. The number of hydrogen-bond donors (Lipinski definition) is 0. The molecule has 7 nitrogen and oxygen atoms in total. The van der Waals surface area contributed by atoms with Gasteiger partial charge in [0.25, 0.3) is 5.91 Å². The first-order valence-electron chi connectivity index (χ1n) is 7.78. The molecule has 24 heavy (non-hydrogen) atoms. The number of carbonyl (C=O) groups excluding carboxylic acids is 2. The lowest BCUT2D eigenvalue weighted by Gasteiger charge is -2.26. The van der Waals surface area contributed by atoms with Gasteiger partial charge in [-0.2, -0.15) is 4.31 Å². The highest BCUT2D eigenvalue weighted by atomic mass is 32.2. The maximum absolute atomic E-state index is 12.8. The number of methoxy groups -OCH3 is 1. The lowest BCUT2D eigenvalue weighted by Crippen LogP contribution is -2.37. The van der Waals surface area contributed by atoms with Gasteiger partial charge in [0.15, 0.2) is 0 Å². The Morgan fingerprint density at radius 3 is 2.58 bits per heavy atom. The fraction of sp³-hybridized carbons (Fsp3) is 0.600. The molecule has 0 radical (unpaired) electrons. The predicted molar refractivity (Wildman–Crippen MR) is 90.5 cm³/mol. The summed E-state index contributed by atoms with van der Waals surface area (Å²) < 4.78 is 31.6. The van der Waals surface area contributed by atoms with E-state index >= 15 is 0 Å². The molecule has 1 aromatic heterocycles. The van der Waals surface area contributed by atoms with E-state index in [-0.39, 0.29) is 22.7 Å². The van der Waals surface area contributed by atoms with Gasteiger partial charge in [0.1, 0.15) is 9.77 Å². The molecule has 0 bridgehead atoms. The van der Waals surface area contributed by atoms with E-state index in [1.165, 1.54) is 22.4 Å². The van der Waals surface area contributed by atoms with E-state index in [0.717, 1.165) is 30.6 Å². The summed E-state index contributed by atoms with van der Waals surface area (Å²) in [5.74, 6) is -0.813. The van der Waals surface area contributed by atoms with Gasteiger partial charge < -0.3 is 9.64 Å². The predicted octanol–water partition coefficient (Wildman–Crippen LogP) is 1.56. The molecule has 0 aliphatic carbocycles. The minimum absolute atomic E-state index is 0.0596. The molecule has 0 saturated carbocycles. The van der Waals surface area contributed by atoms with Crippen LogP contribution < -0.4 is 0 Å². The van der Waals surface area contributed by atoms with E-state index in [2.05, 4.69) is 4.74 Å². The molecule has 1 amide bonds. The Bertz CT molecular complexity index is 692. The molecule has 0 spiro atoms. The number of thiophene rings is 1. The van der Waals surface area contributed by atoms with Crippen molar-refractivity contribution in [3.05, 3.63) is 16.3 Å². The highest BCUT2D eigenvalue weighted by Gasteiger charge is 2.31. The topological polar surface area (TPSA) is 84.0 Å². The van der Waals surface area contributed by atoms with Crippen LogP contribution in [0.4, 0.5) is 0 Å². The molecular weight excluding hydrogens is 352 g/mol. The van der Waals surface area contributed by atoms with E-state index in [9.17, 15) is 18.0 Å². The van der Waals surface area contributed by atoms with Crippen LogP contribution in [-0.2, 0) is 19.6 Å². The van der Waals surface area contributed by atoms with Crippen LogP contribution in [0.2, 0.25) is 0 Å². The van der Waals surface area contributed by atoms with Crippen LogP contribution >= 0.6 is 11.3 Å². The van der Waals surface area contributed by atoms with Gasteiger partial charge in [0.05, 0.1) is 13.5 Å². The molecule has 0 unspecified atom stereocenters. The maximum atomic E-state index is 12.8.